The van der Waals surface area contributed by atoms with Crippen LogP contribution in [0.2, 0.25) is 0 Å². The Kier molecular flexibility index (Phi) is 4.09. The molecule has 0 aliphatic rings. The molecule has 0 amide bonds. The summed E-state index contributed by atoms with van der Waals surface area (Å²) in [6.45, 7) is 5.47. The van der Waals surface area contributed by atoms with E-state index in [2.05, 4.69) is 0 Å². The topological polar surface area (TPSA) is 46.5 Å². The van der Waals surface area contributed by atoms with Gasteiger partial charge in [-0.3, -0.25) is 4.79 Å². The van der Waals surface area contributed by atoms with Crippen molar-refractivity contribution in [3.05, 3.63) is 48.0 Å². The monoisotopic (exact) mass is 272 g/mol. The van der Waals surface area contributed by atoms with Crippen LogP contribution >= 0.6 is 0 Å². The van der Waals surface area contributed by atoms with Crippen LogP contribution in [0.5, 0.6) is 0 Å². The first kappa shape index (κ1) is 14.5. The maximum absolute atomic E-state index is 12.0. The van der Waals surface area contributed by atoms with Crippen molar-refractivity contribution in [1.29, 1.82) is 0 Å². The molecule has 106 valence electrons. The highest BCUT2D eigenvalue weighted by atomic mass is 16.5. The quantitative estimate of drug-likeness (QED) is 0.867. The van der Waals surface area contributed by atoms with Gasteiger partial charge in [0.1, 0.15) is 0 Å². The first-order valence-corrected chi connectivity index (χ1v) is 6.80. The molecule has 1 unspecified atom stereocenters. The molecule has 1 N–H and O–H groups in total. The third kappa shape index (κ3) is 2.68. The van der Waals surface area contributed by atoms with Crippen LogP contribution in [0.3, 0.4) is 0 Å². The van der Waals surface area contributed by atoms with Gasteiger partial charge >= 0.3 is 5.97 Å². The van der Waals surface area contributed by atoms with Crippen molar-refractivity contribution in [1.82, 2.24) is 0 Å². The molecule has 0 aromatic heterocycles. The van der Waals surface area contributed by atoms with E-state index in [1.165, 1.54) is 0 Å². The van der Waals surface area contributed by atoms with Crippen molar-refractivity contribution in [3.8, 4) is 0 Å². The lowest BCUT2D eigenvalue weighted by Gasteiger charge is -2.28. The molecule has 0 heterocycles. The van der Waals surface area contributed by atoms with Gasteiger partial charge in [0.05, 0.1) is 18.1 Å². The van der Waals surface area contributed by atoms with Crippen molar-refractivity contribution in [3.63, 3.8) is 0 Å². The van der Waals surface area contributed by atoms with E-state index in [0.29, 0.717) is 6.61 Å². The molecule has 0 radical (unpaired) electrons. The lowest BCUT2D eigenvalue weighted by molar-refractivity contribution is -0.160. The number of hydrogen-bond donors (Lipinski definition) is 1. The van der Waals surface area contributed by atoms with Crippen LogP contribution in [-0.2, 0) is 9.53 Å². The second kappa shape index (κ2) is 5.63. The number of carbonyl (C=O) groups excluding carboxylic acids is 1. The van der Waals surface area contributed by atoms with Gasteiger partial charge in [0, 0.05) is 0 Å². The molecule has 0 saturated carbocycles. The summed E-state index contributed by atoms with van der Waals surface area (Å²) in [5, 5.41) is 12.7. The Labute approximate surface area is 119 Å². The molecule has 0 spiro atoms. The van der Waals surface area contributed by atoms with Gasteiger partial charge in [-0.25, -0.2) is 0 Å². The van der Waals surface area contributed by atoms with Gasteiger partial charge in [0.15, 0.2) is 0 Å². The molecule has 0 aliphatic carbocycles. The van der Waals surface area contributed by atoms with Crippen molar-refractivity contribution in [2.75, 3.05) is 6.61 Å². The van der Waals surface area contributed by atoms with E-state index in [1.54, 1.807) is 20.8 Å². The normalized spacial score (nSPS) is 13.2. The molecule has 20 heavy (non-hydrogen) atoms. The third-order valence-electron chi connectivity index (χ3n) is 3.57. The number of rotatable bonds is 4. The summed E-state index contributed by atoms with van der Waals surface area (Å²) >= 11 is 0. The zero-order chi connectivity index (χ0) is 14.8. The standard InChI is InChI=1S/C17H20O3/c1-4-20-16(19)17(2,3)15(18)14-10-9-12-7-5-6-8-13(12)11-14/h5-11,15,18H,4H2,1-3H3. The summed E-state index contributed by atoms with van der Waals surface area (Å²) < 4.78 is 5.04. The molecule has 2 rings (SSSR count). The van der Waals surface area contributed by atoms with E-state index >= 15 is 0 Å². The van der Waals surface area contributed by atoms with Crippen molar-refractivity contribution < 1.29 is 14.6 Å². The number of ether oxygens (including phenoxy) is 1. The Balaban J connectivity index is 2.35. The Morgan fingerprint density at radius 1 is 1.20 bits per heavy atom. The number of fused-ring (bicyclic) bond motifs is 1. The third-order valence-corrected chi connectivity index (χ3v) is 3.57. The van der Waals surface area contributed by atoms with E-state index in [9.17, 15) is 9.90 Å². The summed E-state index contributed by atoms with van der Waals surface area (Å²) in [7, 11) is 0. The zero-order valence-electron chi connectivity index (χ0n) is 12.1. The van der Waals surface area contributed by atoms with Crippen LogP contribution in [0.15, 0.2) is 42.5 Å². The Hall–Kier alpha value is -1.87. The highest BCUT2D eigenvalue weighted by Crippen LogP contribution is 2.35. The average Bonchev–Trinajstić information content (AvgIpc) is 2.46. The molecule has 3 nitrogen and oxygen atoms in total. The molecule has 0 aliphatic heterocycles. The molecule has 2 aromatic carbocycles. The first-order valence-electron chi connectivity index (χ1n) is 6.80. The molecule has 0 bridgehead atoms. The summed E-state index contributed by atoms with van der Waals surface area (Å²) in [6.07, 6.45) is -0.897. The van der Waals surface area contributed by atoms with Gasteiger partial charge in [-0.1, -0.05) is 36.4 Å². The maximum atomic E-state index is 12.0. The summed E-state index contributed by atoms with van der Waals surface area (Å²) in [4.78, 5) is 12.0. The summed E-state index contributed by atoms with van der Waals surface area (Å²) in [6, 6.07) is 13.7. The second-order valence-corrected chi connectivity index (χ2v) is 5.45. The molecule has 3 heteroatoms. The maximum Gasteiger partial charge on any atom is 0.314 e. The number of aliphatic hydroxyl groups is 1. The van der Waals surface area contributed by atoms with Crippen LogP contribution < -0.4 is 0 Å². The van der Waals surface area contributed by atoms with E-state index in [-0.39, 0.29) is 5.97 Å². The van der Waals surface area contributed by atoms with E-state index in [1.807, 2.05) is 42.5 Å². The molecular formula is C17H20O3. The number of aliphatic hydroxyl groups excluding tert-OH is 1. The number of carbonyl (C=O) groups is 1. The molecular weight excluding hydrogens is 252 g/mol. The zero-order valence-corrected chi connectivity index (χ0v) is 12.1. The fraction of sp³-hybridized carbons (Fsp3) is 0.353. The van der Waals surface area contributed by atoms with Crippen LogP contribution in [0, 0.1) is 5.41 Å². The summed E-state index contributed by atoms with van der Waals surface area (Å²) in [5.41, 5.74) is -0.250. The van der Waals surface area contributed by atoms with Crippen molar-refractivity contribution in [2.24, 2.45) is 5.41 Å². The predicted molar refractivity (Wildman–Crippen MR) is 79.3 cm³/mol. The van der Waals surface area contributed by atoms with Crippen LogP contribution in [0.1, 0.15) is 32.4 Å². The van der Waals surface area contributed by atoms with Gasteiger partial charge in [-0.15, -0.1) is 0 Å². The number of hydrogen-bond acceptors (Lipinski definition) is 3. The highest BCUT2D eigenvalue weighted by molar-refractivity contribution is 5.83. The van der Waals surface area contributed by atoms with Crippen molar-refractivity contribution in [2.45, 2.75) is 26.9 Å². The fourth-order valence-electron chi connectivity index (χ4n) is 2.22. The Morgan fingerprint density at radius 3 is 2.50 bits per heavy atom. The highest BCUT2D eigenvalue weighted by Gasteiger charge is 2.38. The van der Waals surface area contributed by atoms with Crippen molar-refractivity contribution >= 4 is 16.7 Å². The molecule has 2 aromatic rings. The minimum Gasteiger partial charge on any atom is -0.465 e. The predicted octanol–water partition coefficient (Wildman–Crippen LogP) is 3.46. The molecule has 0 saturated heterocycles. The minimum absolute atomic E-state index is 0.312. The van der Waals surface area contributed by atoms with E-state index in [4.69, 9.17) is 4.74 Å². The van der Waals surface area contributed by atoms with Gasteiger partial charge in [-0.05, 0) is 43.2 Å². The van der Waals surface area contributed by atoms with E-state index in [0.717, 1.165) is 16.3 Å². The van der Waals surface area contributed by atoms with Gasteiger partial charge < -0.3 is 9.84 Å². The minimum atomic E-state index is -0.974. The number of esters is 1. The Bertz CT molecular complexity index is 616. The Morgan fingerprint density at radius 2 is 1.85 bits per heavy atom. The SMILES string of the molecule is CCOC(=O)C(C)(C)C(O)c1ccc2ccccc2c1. The molecule has 0 fully saturated rings. The lowest BCUT2D eigenvalue weighted by Crippen LogP contribution is -2.33. The largest absolute Gasteiger partial charge is 0.465 e. The lowest BCUT2D eigenvalue weighted by atomic mass is 9.82. The van der Waals surface area contributed by atoms with Gasteiger partial charge in [0.2, 0.25) is 0 Å². The number of benzene rings is 2. The van der Waals surface area contributed by atoms with Gasteiger partial charge in [0.25, 0.3) is 0 Å². The molecule has 1 atom stereocenters. The van der Waals surface area contributed by atoms with E-state index < -0.39 is 11.5 Å². The van der Waals surface area contributed by atoms with Crippen LogP contribution in [0.25, 0.3) is 10.8 Å². The van der Waals surface area contributed by atoms with Crippen LogP contribution in [-0.4, -0.2) is 17.7 Å². The average molecular weight is 272 g/mol. The second-order valence-electron chi connectivity index (χ2n) is 5.45. The fourth-order valence-corrected chi connectivity index (χ4v) is 2.22. The van der Waals surface area contributed by atoms with Gasteiger partial charge in [-0.2, -0.15) is 0 Å². The smallest absolute Gasteiger partial charge is 0.314 e. The first-order chi connectivity index (χ1) is 9.46. The van der Waals surface area contributed by atoms with Crippen LogP contribution in [0.4, 0.5) is 0 Å². The summed E-state index contributed by atoms with van der Waals surface area (Å²) in [5.74, 6) is -0.388.